The minimum Gasteiger partial charge on any atom is -0.491 e. The number of β-amino-alcohol motifs (C(OH)–C–C–N with tert-alkyl or cyclic N) is 1. The highest BCUT2D eigenvalue weighted by atomic mass is 35.5. The predicted molar refractivity (Wildman–Crippen MR) is 107 cm³/mol. The molecule has 2 aromatic rings. The molecule has 3 rings (SSSR count). The molecular weight excluding hydrogens is 348 g/mol. The standard InChI is InChI=1S/C21H25ClN2O2/c22-18-6-4-17(5-7-18)14-23-19-8-10-21(11-9-19)26-16-20(25)15-24-12-2-1-3-13-24/h4-11,14,20,25H,1-3,12-13,15-16H2. The summed E-state index contributed by atoms with van der Waals surface area (Å²) in [7, 11) is 0. The molecule has 2 aromatic carbocycles. The van der Waals surface area contributed by atoms with Crippen LogP contribution in [-0.4, -0.2) is 48.6 Å². The van der Waals surface area contributed by atoms with Gasteiger partial charge < -0.3 is 14.7 Å². The Hall–Kier alpha value is -1.88. The molecule has 1 heterocycles. The molecule has 1 aliphatic rings. The predicted octanol–water partition coefficient (Wildman–Crippen LogP) is 4.32. The number of rotatable bonds is 7. The second-order valence-corrected chi connectivity index (χ2v) is 7.07. The molecule has 1 fully saturated rings. The van der Waals surface area contributed by atoms with E-state index in [0.717, 1.165) is 30.1 Å². The molecule has 1 unspecified atom stereocenters. The molecule has 0 aliphatic carbocycles. The molecule has 0 amide bonds. The van der Waals surface area contributed by atoms with Gasteiger partial charge in [0.25, 0.3) is 0 Å². The van der Waals surface area contributed by atoms with Crippen LogP contribution in [0.1, 0.15) is 24.8 Å². The highest BCUT2D eigenvalue weighted by Gasteiger charge is 2.14. The normalized spacial score (nSPS) is 16.7. The molecule has 5 heteroatoms. The van der Waals surface area contributed by atoms with Gasteiger partial charge in [0, 0.05) is 17.8 Å². The maximum Gasteiger partial charge on any atom is 0.119 e. The van der Waals surface area contributed by atoms with E-state index in [1.807, 2.05) is 48.5 Å². The number of benzene rings is 2. The van der Waals surface area contributed by atoms with Gasteiger partial charge in [-0.05, 0) is 67.9 Å². The largest absolute Gasteiger partial charge is 0.491 e. The number of halogens is 1. The first-order chi connectivity index (χ1) is 12.7. The lowest BCUT2D eigenvalue weighted by molar-refractivity contribution is 0.0617. The average molecular weight is 373 g/mol. The number of likely N-dealkylation sites (tertiary alicyclic amines) is 1. The number of nitrogens with zero attached hydrogens (tertiary/aromatic N) is 2. The summed E-state index contributed by atoms with van der Waals surface area (Å²) in [6.07, 6.45) is 5.09. The summed E-state index contributed by atoms with van der Waals surface area (Å²) in [5.74, 6) is 0.744. The van der Waals surface area contributed by atoms with Gasteiger partial charge in [-0.3, -0.25) is 4.99 Å². The van der Waals surface area contributed by atoms with Crippen LogP contribution in [0.15, 0.2) is 53.5 Å². The van der Waals surface area contributed by atoms with Crippen LogP contribution < -0.4 is 4.74 Å². The van der Waals surface area contributed by atoms with Gasteiger partial charge in [0.2, 0.25) is 0 Å². The zero-order valence-corrected chi connectivity index (χ0v) is 15.6. The molecule has 1 saturated heterocycles. The summed E-state index contributed by atoms with van der Waals surface area (Å²) in [6, 6.07) is 15.1. The van der Waals surface area contributed by atoms with Crippen molar-refractivity contribution < 1.29 is 9.84 Å². The van der Waals surface area contributed by atoms with E-state index >= 15 is 0 Å². The molecule has 0 spiro atoms. The van der Waals surface area contributed by atoms with E-state index < -0.39 is 6.10 Å². The highest BCUT2D eigenvalue weighted by molar-refractivity contribution is 6.30. The summed E-state index contributed by atoms with van der Waals surface area (Å²) in [5.41, 5.74) is 1.84. The lowest BCUT2D eigenvalue weighted by atomic mass is 10.1. The van der Waals surface area contributed by atoms with Crippen LogP contribution in [0.4, 0.5) is 5.69 Å². The third kappa shape index (κ3) is 6.13. The number of hydrogen-bond acceptors (Lipinski definition) is 4. The summed E-state index contributed by atoms with van der Waals surface area (Å²) in [5, 5.41) is 10.9. The first-order valence-electron chi connectivity index (χ1n) is 9.12. The van der Waals surface area contributed by atoms with Crippen molar-refractivity contribution in [3.05, 3.63) is 59.1 Å². The van der Waals surface area contributed by atoms with Crippen LogP contribution in [0.3, 0.4) is 0 Å². The van der Waals surface area contributed by atoms with Gasteiger partial charge in [-0.15, -0.1) is 0 Å². The van der Waals surface area contributed by atoms with Crippen LogP contribution in [0, 0.1) is 0 Å². The molecule has 0 saturated carbocycles. The lowest BCUT2D eigenvalue weighted by Gasteiger charge is -2.28. The molecule has 1 aliphatic heterocycles. The first-order valence-corrected chi connectivity index (χ1v) is 9.50. The Morgan fingerprint density at radius 2 is 1.73 bits per heavy atom. The Morgan fingerprint density at radius 1 is 1.04 bits per heavy atom. The van der Waals surface area contributed by atoms with Crippen LogP contribution in [0.5, 0.6) is 5.75 Å². The first kappa shape index (κ1) is 18.9. The Morgan fingerprint density at radius 3 is 2.42 bits per heavy atom. The van der Waals surface area contributed by atoms with Gasteiger partial charge >= 0.3 is 0 Å². The minimum atomic E-state index is -0.462. The fourth-order valence-corrected chi connectivity index (χ4v) is 3.14. The topological polar surface area (TPSA) is 45.1 Å². The number of aliphatic hydroxyl groups excluding tert-OH is 1. The Labute approximate surface area is 160 Å². The molecule has 4 nitrogen and oxygen atoms in total. The Kier molecular flexibility index (Phi) is 7.06. The van der Waals surface area contributed by atoms with Gasteiger partial charge in [-0.1, -0.05) is 30.2 Å². The monoisotopic (exact) mass is 372 g/mol. The maximum absolute atomic E-state index is 10.1. The van der Waals surface area contributed by atoms with E-state index in [9.17, 15) is 5.11 Å². The molecule has 1 N–H and O–H groups in total. The van der Waals surface area contributed by atoms with Crippen molar-refractivity contribution in [1.29, 1.82) is 0 Å². The molecule has 26 heavy (non-hydrogen) atoms. The molecular formula is C21H25ClN2O2. The number of aliphatic hydroxyl groups is 1. The summed E-state index contributed by atoms with van der Waals surface area (Å²) < 4.78 is 5.70. The molecule has 1 atom stereocenters. The second-order valence-electron chi connectivity index (χ2n) is 6.63. The van der Waals surface area contributed by atoms with Crippen molar-refractivity contribution in [2.75, 3.05) is 26.2 Å². The van der Waals surface area contributed by atoms with Crippen molar-refractivity contribution in [2.24, 2.45) is 4.99 Å². The fraction of sp³-hybridized carbons (Fsp3) is 0.381. The Bertz CT molecular complexity index is 695. The van der Waals surface area contributed by atoms with Crippen molar-refractivity contribution in [3.8, 4) is 5.75 Å². The second kappa shape index (κ2) is 9.72. The van der Waals surface area contributed by atoms with Gasteiger partial charge in [-0.25, -0.2) is 0 Å². The summed E-state index contributed by atoms with van der Waals surface area (Å²) >= 11 is 5.87. The van der Waals surface area contributed by atoms with Crippen molar-refractivity contribution in [3.63, 3.8) is 0 Å². The lowest BCUT2D eigenvalue weighted by Crippen LogP contribution is -2.38. The number of ether oxygens (including phenoxy) is 1. The molecule has 0 radical (unpaired) electrons. The van der Waals surface area contributed by atoms with Crippen molar-refractivity contribution in [1.82, 2.24) is 4.90 Å². The van der Waals surface area contributed by atoms with Crippen LogP contribution in [0.25, 0.3) is 0 Å². The fourth-order valence-electron chi connectivity index (χ4n) is 3.01. The summed E-state index contributed by atoms with van der Waals surface area (Å²) in [4.78, 5) is 6.75. The van der Waals surface area contributed by atoms with Crippen LogP contribution in [-0.2, 0) is 0 Å². The average Bonchev–Trinajstić information content (AvgIpc) is 2.67. The number of hydrogen-bond donors (Lipinski definition) is 1. The van der Waals surface area contributed by atoms with E-state index in [-0.39, 0.29) is 0 Å². The zero-order chi connectivity index (χ0) is 18.2. The highest BCUT2D eigenvalue weighted by Crippen LogP contribution is 2.19. The third-order valence-corrected chi connectivity index (χ3v) is 4.68. The van der Waals surface area contributed by atoms with Gasteiger partial charge in [0.15, 0.2) is 0 Å². The minimum absolute atomic E-state index is 0.309. The van der Waals surface area contributed by atoms with Gasteiger partial charge in [-0.2, -0.15) is 0 Å². The number of aliphatic imine (C=N–C) groups is 1. The zero-order valence-electron chi connectivity index (χ0n) is 14.9. The van der Waals surface area contributed by atoms with Crippen molar-refractivity contribution >= 4 is 23.5 Å². The molecule has 138 valence electrons. The van der Waals surface area contributed by atoms with E-state index in [0.29, 0.717) is 18.2 Å². The van der Waals surface area contributed by atoms with Gasteiger partial charge in [0.05, 0.1) is 5.69 Å². The maximum atomic E-state index is 10.1. The van der Waals surface area contributed by atoms with Gasteiger partial charge in [0.1, 0.15) is 18.5 Å². The van der Waals surface area contributed by atoms with E-state index in [1.165, 1.54) is 19.3 Å². The van der Waals surface area contributed by atoms with Crippen LogP contribution >= 0.6 is 11.6 Å². The van der Waals surface area contributed by atoms with E-state index in [2.05, 4.69) is 9.89 Å². The van der Waals surface area contributed by atoms with Crippen LogP contribution in [0.2, 0.25) is 5.02 Å². The quantitative estimate of drug-likeness (QED) is 0.736. The van der Waals surface area contributed by atoms with Crippen molar-refractivity contribution in [2.45, 2.75) is 25.4 Å². The van der Waals surface area contributed by atoms with E-state index in [1.54, 1.807) is 6.21 Å². The molecule has 0 bridgehead atoms. The Balaban J connectivity index is 1.45. The van der Waals surface area contributed by atoms with E-state index in [4.69, 9.17) is 16.3 Å². The number of piperidine rings is 1. The molecule has 0 aromatic heterocycles. The summed E-state index contributed by atoms with van der Waals surface area (Å²) in [6.45, 7) is 3.15. The smallest absolute Gasteiger partial charge is 0.119 e. The SMILES string of the molecule is OC(COc1ccc(N=Cc2ccc(Cl)cc2)cc1)CN1CCCCC1. The third-order valence-electron chi connectivity index (χ3n) is 4.43.